The van der Waals surface area contributed by atoms with Crippen LogP contribution in [0.5, 0.6) is 0 Å². The van der Waals surface area contributed by atoms with Crippen LogP contribution in [0.2, 0.25) is 0 Å². The van der Waals surface area contributed by atoms with Crippen molar-refractivity contribution in [3.05, 3.63) is 36.7 Å². The highest BCUT2D eigenvalue weighted by atomic mass is 14.9. The summed E-state index contributed by atoms with van der Waals surface area (Å²) in [4.78, 5) is 3.99. The zero-order chi connectivity index (χ0) is 11.3. The third-order valence-electron chi connectivity index (χ3n) is 2.93. The van der Waals surface area contributed by atoms with Gasteiger partial charge in [0.25, 0.3) is 0 Å². The van der Waals surface area contributed by atoms with E-state index < -0.39 is 0 Å². The van der Waals surface area contributed by atoms with Crippen molar-refractivity contribution >= 4 is 5.70 Å². The molecule has 0 amide bonds. The molecule has 0 unspecified atom stereocenters. The molecule has 1 rings (SSSR count). The Balaban J connectivity index is 2.57. The topological polar surface area (TPSA) is 24.9 Å². The van der Waals surface area contributed by atoms with Gasteiger partial charge in [-0.15, -0.1) is 0 Å². The molecule has 0 saturated heterocycles. The quantitative estimate of drug-likeness (QED) is 0.797. The molecule has 0 spiro atoms. The minimum absolute atomic E-state index is 0.454. The minimum atomic E-state index is 0.454. The predicted molar refractivity (Wildman–Crippen MR) is 65.3 cm³/mol. The molecule has 82 valence electrons. The van der Waals surface area contributed by atoms with Gasteiger partial charge in [0.1, 0.15) is 0 Å². The molecule has 0 saturated carbocycles. The highest BCUT2D eigenvalue weighted by Gasteiger charge is 2.10. The summed E-state index contributed by atoms with van der Waals surface area (Å²) >= 11 is 0. The van der Waals surface area contributed by atoms with Crippen molar-refractivity contribution in [2.45, 2.75) is 33.2 Å². The van der Waals surface area contributed by atoms with Gasteiger partial charge in [-0.1, -0.05) is 26.8 Å². The molecule has 0 radical (unpaired) electrons. The van der Waals surface area contributed by atoms with Crippen LogP contribution < -0.4 is 5.32 Å². The van der Waals surface area contributed by atoms with E-state index in [1.807, 2.05) is 12.1 Å². The first-order valence-electron chi connectivity index (χ1n) is 5.51. The molecule has 0 aliphatic heterocycles. The second-order valence-electron chi connectivity index (χ2n) is 4.03. The van der Waals surface area contributed by atoms with E-state index >= 15 is 0 Å². The maximum Gasteiger partial charge on any atom is 0.0344 e. The molecule has 1 N–H and O–H groups in total. The first-order chi connectivity index (χ1) is 7.15. The number of nitrogens with zero attached hydrogens (tertiary/aromatic N) is 1. The SMILES string of the molecule is C=C(N[C@H](C)[C@@H](C)CC)c1ccncc1. The van der Waals surface area contributed by atoms with E-state index in [9.17, 15) is 0 Å². The first kappa shape index (κ1) is 11.8. The van der Waals surface area contributed by atoms with Gasteiger partial charge in [-0.25, -0.2) is 0 Å². The normalized spacial score (nSPS) is 14.3. The van der Waals surface area contributed by atoms with Crippen LogP contribution in [-0.2, 0) is 0 Å². The number of aromatic nitrogens is 1. The lowest BCUT2D eigenvalue weighted by molar-refractivity contribution is 0.432. The van der Waals surface area contributed by atoms with Gasteiger partial charge in [0.15, 0.2) is 0 Å². The van der Waals surface area contributed by atoms with Gasteiger partial charge in [0.05, 0.1) is 0 Å². The Morgan fingerprint density at radius 3 is 2.53 bits per heavy atom. The molecule has 0 fully saturated rings. The molecule has 15 heavy (non-hydrogen) atoms. The van der Waals surface area contributed by atoms with Crippen LogP contribution in [0.1, 0.15) is 32.8 Å². The number of hydrogen-bond acceptors (Lipinski definition) is 2. The summed E-state index contributed by atoms with van der Waals surface area (Å²) < 4.78 is 0. The van der Waals surface area contributed by atoms with Crippen LogP contribution in [0, 0.1) is 5.92 Å². The average molecular weight is 204 g/mol. The van der Waals surface area contributed by atoms with Crippen molar-refractivity contribution in [3.8, 4) is 0 Å². The van der Waals surface area contributed by atoms with E-state index in [-0.39, 0.29) is 0 Å². The number of hydrogen-bond donors (Lipinski definition) is 1. The van der Waals surface area contributed by atoms with E-state index in [1.165, 1.54) is 6.42 Å². The zero-order valence-corrected chi connectivity index (χ0v) is 9.83. The molecule has 0 aliphatic carbocycles. The van der Waals surface area contributed by atoms with E-state index in [0.717, 1.165) is 11.3 Å². The summed E-state index contributed by atoms with van der Waals surface area (Å²) in [6.45, 7) is 10.7. The molecular formula is C13H20N2. The maximum atomic E-state index is 4.04. The fourth-order valence-electron chi connectivity index (χ4n) is 1.41. The fourth-order valence-corrected chi connectivity index (χ4v) is 1.41. The summed E-state index contributed by atoms with van der Waals surface area (Å²) in [5.74, 6) is 0.656. The standard InChI is InChI=1S/C13H20N2/c1-5-10(2)11(3)15-12(4)13-6-8-14-9-7-13/h6-11,15H,4-5H2,1-3H3/t10-,11+/m0/s1. The molecule has 2 nitrogen and oxygen atoms in total. The van der Waals surface area contributed by atoms with Crippen molar-refractivity contribution < 1.29 is 0 Å². The Labute approximate surface area is 92.4 Å². The Morgan fingerprint density at radius 1 is 1.40 bits per heavy atom. The summed E-state index contributed by atoms with van der Waals surface area (Å²) in [5, 5.41) is 3.42. The average Bonchev–Trinajstić information content (AvgIpc) is 2.29. The van der Waals surface area contributed by atoms with Gasteiger partial charge in [-0.2, -0.15) is 0 Å². The fraction of sp³-hybridized carbons (Fsp3) is 0.462. The van der Waals surface area contributed by atoms with Crippen LogP contribution >= 0.6 is 0 Å². The predicted octanol–water partition coefficient (Wildman–Crippen LogP) is 3.08. The van der Waals surface area contributed by atoms with Gasteiger partial charge in [0.2, 0.25) is 0 Å². The molecule has 0 aromatic carbocycles. The van der Waals surface area contributed by atoms with Crippen LogP contribution in [-0.4, -0.2) is 11.0 Å². The summed E-state index contributed by atoms with van der Waals surface area (Å²) in [7, 11) is 0. The highest BCUT2D eigenvalue weighted by Crippen LogP contribution is 2.13. The monoisotopic (exact) mass is 204 g/mol. The van der Waals surface area contributed by atoms with Crippen molar-refractivity contribution in [2.24, 2.45) is 5.92 Å². The molecular weight excluding hydrogens is 184 g/mol. The third-order valence-corrected chi connectivity index (χ3v) is 2.93. The second-order valence-corrected chi connectivity index (χ2v) is 4.03. The van der Waals surface area contributed by atoms with Crippen molar-refractivity contribution in [1.82, 2.24) is 10.3 Å². The van der Waals surface area contributed by atoms with Crippen LogP contribution in [0.15, 0.2) is 31.1 Å². The van der Waals surface area contributed by atoms with Crippen LogP contribution in [0.4, 0.5) is 0 Å². The van der Waals surface area contributed by atoms with Crippen LogP contribution in [0.3, 0.4) is 0 Å². The lowest BCUT2D eigenvalue weighted by atomic mass is 10.0. The van der Waals surface area contributed by atoms with E-state index in [2.05, 4.69) is 37.7 Å². The van der Waals surface area contributed by atoms with Crippen molar-refractivity contribution in [1.29, 1.82) is 0 Å². The highest BCUT2D eigenvalue weighted by molar-refractivity contribution is 5.61. The maximum absolute atomic E-state index is 4.04. The molecule has 1 heterocycles. The lowest BCUT2D eigenvalue weighted by Gasteiger charge is -2.22. The molecule has 1 aromatic heterocycles. The lowest BCUT2D eigenvalue weighted by Crippen LogP contribution is -2.30. The van der Waals surface area contributed by atoms with Gasteiger partial charge >= 0.3 is 0 Å². The molecule has 0 bridgehead atoms. The smallest absolute Gasteiger partial charge is 0.0344 e. The van der Waals surface area contributed by atoms with Crippen molar-refractivity contribution in [2.75, 3.05) is 0 Å². The van der Waals surface area contributed by atoms with E-state index in [4.69, 9.17) is 0 Å². The Hall–Kier alpha value is -1.31. The minimum Gasteiger partial charge on any atom is -0.382 e. The molecule has 2 atom stereocenters. The third kappa shape index (κ3) is 3.39. The Morgan fingerprint density at radius 2 is 2.00 bits per heavy atom. The molecule has 1 aromatic rings. The summed E-state index contributed by atoms with van der Waals surface area (Å²) in [6.07, 6.45) is 4.75. The second kappa shape index (κ2) is 5.54. The number of pyridine rings is 1. The van der Waals surface area contributed by atoms with E-state index in [1.54, 1.807) is 12.4 Å². The van der Waals surface area contributed by atoms with Gasteiger partial charge in [-0.3, -0.25) is 4.98 Å². The summed E-state index contributed by atoms with van der Waals surface area (Å²) in [5.41, 5.74) is 2.09. The zero-order valence-electron chi connectivity index (χ0n) is 9.83. The van der Waals surface area contributed by atoms with Gasteiger partial charge < -0.3 is 5.32 Å². The van der Waals surface area contributed by atoms with E-state index in [0.29, 0.717) is 12.0 Å². The largest absolute Gasteiger partial charge is 0.382 e. The summed E-state index contributed by atoms with van der Waals surface area (Å²) in [6, 6.07) is 4.40. The van der Waals surface area contributed by atoms with Crippen molar-refractivity contribution in [3.63, 3.8) is 0 Å². The van der Waals surface area contributed by atoms with Gasteiger partial charge in [-0.05, 0) is 25.0 Å². The Kier molecular flexibility index (Phi) is 4.35. The number of nitrogens with one attached hydrogen (secondary N) is 1. The van der Waals surface area contributed by atoms with Crippen LogP contribution in [0.25, 0.3) is 5.70 Å². The molecule has 0 aliphatic rings. The number of rotatable bonds is 5. The first-order valence-corrected chi connectivity index (χ1v) is 5.51. The molecule has 2 heteroatoms. The van der Waals surface area contributed by atoms with Gasteiger partial charge in [0, 0.05) is 29.7 Å². The Bertz CT molecular complexity index is 306.